The zero-order chi connectivity index (χ0) is 20.5. The molecule has 2 aromatic carbocycles. The molecule has 146 valence electrons. The molecule has 4 amide bonds. The fourth-order valence-corrected chi connectivity index (χ4v) is 3.14. The van der Waals surface area contributed by atoms with Crippen LogP contribution in [-0.4, -0.2) is 29.3 Å². The Hall–Kier alpha value is -3.00. The van der Waals surface area contributed by atoms with Gasteiger partial charge in [-0.25, -0.2) is 13.6 Å². The molecule has 0 aliphatic carbocycles. The van der Waals surface area contributed by atoms with Crippen LogP contribution in [0.3, 0.4) is 0 Å². The number of rotatable bonds is 5. The van der Waals surface area contributed by atoms with E-state index < -0.39 is 41.6 Å². The lowest BCUT2D eigenvalue weighted by molar-refractivity contribution is -0.134. The summed E-state index contributed by atoms with van der Waals surface area (Å²) in [5.41, 5.74) is -1.46. The number of imide groups is 1. The van der Waals surface area contributed by atoms with Crippen LogP contribution in [0, 0.1) is 11.6 Å². The first-order valence-corrected chi connectivity index (χ1v) is 8.70. The van der Waals surface area contributed by atoms with Crippen molar-refractivity contribution in [2.24, 2.45) is 0 Å². The molecule has 2 N–H and O–H groups in total. The van der Waals surface area contributed by atoms with E-state index in [-0.39, 0.29) is 12.1 Å². The van der Waals surface area contributed by atoms with Crippen molar-refractivity contribution in [2.45, 2.75) is 19.0 Å². The van der Waals surface area contributed by atoms with Crippen molar-refractivity contribution in [1.29, 1.82) is 0 Å². The Balaban J connectivity index is 1.72. The highest BCUT2D eigenvalue weighted by Crippen LogP contribution is 2.31. The fraction of sp³-hybridized carbons (Fsp3) is 0.211. The number of nitrogens with one attached hydrogen (secondary N) is 2. The SMILES string of the molecule is C[C@]1(c2cc(F)ccc2F)NC(=O)N(CC(=O)NCc2ccccc2Cl)C1=O. The number of urea groups is 1. The van der Waals surface area contributed by atoms with E-state index in [0.29, 0.717) is 15.5 Å². The molecule has 9 heteroatoms. The molecule has 3 rings (SSSR count). The van der Waals surface area contributed by atoms with Crippen molar-refractivity contribution in [3.8, 4) is 0 Å². The summed E-state index contributed by atoms with van der Waals surface area (Å²) in [5, 5.41) is 5.36. The summed E-state index contributed by atoms with van der Waals surface area (Å²) < 4.78 is 27.6. The lowest BCUT2D eigenvalue weighted by atomic mass is 9.91. The summed E-state index contributed by atoms with van der Waals surface area (Å²) in [5.74, 6) is -3.06. The number of halogens is 3. The second kappa shape index (κ2) is 7.55. The molecule has 0 spiro atoms. The summed E-state index contributed by atoms with van der Waals surface area (Å²) in [6.07, 6.45) is 0. The Morgan fingerprint density at radius 2 is 1.93 bits per heavy atom. The van der Waals surface area contributed by atoms with E-state index in [2.05, 4.69) is 10.6 Å². The van der Waals surface area contributed by atoms with Gasteiger partial charge in [-0.05, 0) is 36.8 Å². The summed E-state index contributed by atoms with van der Waals surface area (Å²) >= 11 is 6.01. The quantitative estimate of drug-likeness (QED) is 0.748. The number of carbonyl (C=O) groups excluding carboxylic acids is 3. The van der Waals surface area contributed by atoms with Gasteiger partial charge in [-0.3, -0.25) is 14.5 Å². The second-order valence-electron chi connectivity index (χ2n) is 6.44. The predicted molar refractivity (Wildman–Crippen MR) is 97.3 cm³/mol. The minimum atomic E-state index is -1.81. The maximum absolute atomic E-state index is 14.1. The largest absolute Gasteiger partial charge is 0.350 e. The predicted octanol–water partition coefficient (Wildman–Crippen LogP) is 2.70. The zero-order valence-electron chi connectivity index (χ0n) is 14.8. The molecule has 0 radical (unpaired) electrons. The van der Waals surface area contributed by atoms with Gasteiger partial charge in [0.1, 0.15) is 23.7 Å². The van der Waals surface area contributed by atoms with Gasteiger partial charge in [-0.1, -0.05) is 29.8 Å². The third kappa shape index (κ3) is 3.68. The van der Waals surface area contributed by atoms with Gasteiger partial charge in [0, 0.05) is 17.1 Å². The van der Waals surface area contributed by atoms with Crippen LogP contribution in [-0.2, 0) is 21.7 Å². The van der Waals surface area contributed by atoms with Gasteiger partial charge in [0.25, 0.3) is 5.91 Å². The number of hydrogen-bond acceptors (Lipinski definition) is 3. The molecule has 0 aromatic heterocycles. The molecular weight excluding hydrogens is 392 g/mol. The topological polar surface area (TPSA) is 78.5 Å². The van der Waals surface area contributed by atoms with Crippen molar-refractivity contribution >= 4 is 29.4 Å². The van der Waals surface area contributed by atoms with Gasteiger partial charge in [0.05, 0.1) is 0 Å². The Morgan fingerprint density at radius 1 is 1.21 bits per heavy atom. The highest BCUT2D eigenvalue weighted by atomic mass is 35.5. The van der Waals surface area contributed by atoms with Gasteiger partial charge in [-0.15, -0.1) is 0 Å². The van der Waals surface area contributed by atoms with E-state index in [4.69, 9.17) is 11.6 Å². The number of nitrogens with zero attached hydrogens (tertiary/aromatic N) is 1. The molecule has 1 atom stereocenters. The normalized spacial score (nSPS) is 18.9. The second-order valence-corrected chi connectivity index (χ2v) is 6.85. The Bertz CT molecular complexity index is 969. The van der Waals surface area contributed by atoms with Crippen LogP contribution in [0.4, 0.5) is 13.6 Å². The average Bonchev–Trinajstić information content (AvgIpc) is 2.87. The maximum atomic E-state index is 14.1. The highest BCUT2D eigenvalue weighted by Gasteiger charge is 2.50. The third-order valence-electron chi connectivity index (χ3n) is 4.48. The van der Waals surface area contributed by atoms with Gasteiger partial charge in [0.15, 0.2) is 0 Å². The summed E-state index contributed by atoms with van der Waals surface area (Å²) in [7, 11) is 0. The smallest absolute Gasteiger partial charge is 0.325 e. The standard InChI is InChI=1S/C19H16ClF2N3O3/c1-19(13-8-12(21)6-7-15(13)22)17(27)25(18(28)24-19)10-16(26)23-9-11-4-2-3-5-14(11)20/h2-8H,9-10H2,1H3,(H,23,26)(H,24,28)/t19-/m1/s1. The molecule has 6 nitrogen and oxygen atoms in total. The van der Waals surface area contributed by atoms with E-state index in [9.17, 15) is 23.2 Å². The first kappa shape index (κ1) is 19.8. The van der Waals surface area contributed by atoms with Gasteiger partial charge in [0.2, 0.25) is 5.91 Å². The van der Waals surface area contributed by atoms with Crippen LogP contribution >= 0.6 is 11.6 Å². The molecule has 0 saturated carbocycles. The van der Waals surface area contributed by atoms with Crippen LogP contribution < -0.4 is 10.6 Å². The van der Waals surface area contributed by atoms with Gasteiger partial charge >= 0.3 is 6.03 Å². The van der Waals surface area contributed by atoms with Crippen LogP contribution in [0.15, 0.2) is 42.5 Å². The Morgan fingerprint density at radius 3 is 2.64 bits per heavy atom. The summed E-state index contributed by atoms with van der Waals surface area (Å²) in [6, 6.07) is 8.63. The minimum Gasteiger partial charge on any atom is -0.350 e. The number of hydrogen-bond donors (Lipinski definition) is 2. The monoisotopic (exact) mass is 407 g/mol. The van der Waals surface area contributed by atoms with Crippen LogP contribution in [0.25, 0.3) is 0 Å². The summed E-state index contributed by atoms with van der Waals surface area (Å²) in [4.78, 5) is 37.8. The Labute approximate surface area is 164 Å². The van der Waals surface area contributed by atoms with Crippen molar-refractivity contribution in [3.05, 3.63) is 70.2 Å². The molecule has 1 fully saturated rings. The van der Waals surface area contributed by atoms with Crippen molar-refractivity contribution in [1.82, 2.24) is 15.5 Å². The molecule has 28 heavy (non-hydrogen) atoms. The lowest BCUT2D eigenvalue weighted by Crippen LogP contribution is -2.43. The van der Waals surface area contributed by atoms with Crippen molar-refractivity contribution in [3.63, 3.8) is 0 Å². The number of amides is 4. The van der Waals surface area contributed by atoms with E-state index in [1.807, 2.05) is 0 Å². The number of benzene rings is 2. The first-order valence-electron chi connectivity index (χ1n) is 8.32. The van der Waals surface area contributed by atoms with Gasteiger partial charge in [-0.2, -0.15) is 0 Å². The van der Waals surface area contributed by atoms with Crippen LogP contribution in [0.5, 0.6) is 0 Å². The maximum Gasteiger partial charge on any atom is 0.325 e. The Kier molecular flexibility index (Phi) is 5.33. The molecule has 1 heterocycles. The molecular formula is C19H16ClF2N3O3. The zero-order valence-corrected chi connectivity index (χ0v) is 15.5. The molecule has 0 unspecified atom stereocenters. The molecule has 1 aliphatic heterocycles. The molecule has 1 saturated heterocycles. The van der Waals surface area contributed by atoms with E-state index in [0.717, 1.165) is 18.2 Å². The molecule has 1 aliphatic rings. The van der Waals surface area contributed by atoms with Crippen LogP contribution in [0.1, 0.15) is 18.1 Å². The first-order chi connectivity index (χ1) is 13.2. The third-order valence-corrected chi connectivity index (χ3v) is 4.85. The lowest BCUT2D eigenvalue weighted by Gasteiger charge is -2.22. The van der Waals surface area contributed by atoms with Crippen LogP contribution in [0.2, 0.25) is 5.02 Å². The van der Waals surface area contributed by atoms with Crippen molar-refractivity contribution in [2.75, 3.05) is 6.54 Å². The fourth-order valence-electron chi connectivity index (χ4n) is 2.94. The molecule has 0 bridgehead atoms. The van der Waals surface area contributed by atoms with E-state index in [1.54, 1.807) is 24.3 Å². The van der Waals surface area contributed by atoms with Gasteiger partial charge < -0.3 is 10.6 Å². The number of carbonyl (C=O) groups is 3. The van der Waals surface area contributed by atoms with Crippen molar-refractivity contribution < 1.29 is 23.2 Å². The van der Waals surface area contributed by atoms with E-state index in [1.165, 1.54) is 6.92 Å². The average molecular weight is 408 g/mol. The molecule has 2 aromatic rings. The summed E-state index contributed by atoms with van der Waals surface area (Å²) in [6.45, 7) is 0.798. The highest BCUT2D eigenvalue weighted by molar-refractivity contribution is 6.31. The minimum absolute atomic E-state index is 0.109. The van der Waals surface area contributed by atoms with E-state index >= 15 is 0 Å².